The number of nitrogens with zero attached hydrogens (tertiary/aromatic N) is 5. The smallest absolute Gasteiger partial charge is 0.282 e. The normalized spacial score (nSPS) is 16.9. The number of hydrogen-bond donors (Lipinski definition) is 0. The third-order valence-corrected chi connectivity index (χ3v) is 7.77. The molecule has 2 aromatic heterocycles. The van der Waals surface area contributed by atoms with Crippen molar-refractivity contribution in [2.75, 3.05) is 46.3 Å². The number of fused-ring (bicyclic) bond motifs is 1. The minimum Gasteiger partial charge on any atom is -0.350 e. The summed E-state index contributed by atoms with van der Waals surface area (Å²) in [4.78, 5) is 33.8. The van der Waals surface area contributed by atoms with E-state index in [1.807, 2.05) is 53.7 Å². The van der Waals surface area contributed by atoms with Gasteiger partial charge in [0.1, 0.15) is 6.29 Å². The van der Waals surface area contributed by atoms with Gasteiger partial charge in [-0.05, 0) is 18.7 Å². The predicted octanol–water partition coefficient (Wildman–Crippen LogP) is 3.87. The van der Waals surface area contributed by atoms with Crippen LogP contribution in [0.15, 0.2) is 66.3 Å². The molecule has 0 N–H and O–H groups in total. The first-order chi connectivity index (χ1) is 17.5. The van der Waals surface area contributed by atoms with Gasteiger partial charge in [-0.15, -0.1) is 11.3 Å². The number of thiazole rings is 1. The molecule has 2 aliphatic heterocycles. The van der Waals surface area contributed by atoms with E-state index in [-0.39, 0.29) is 5.91 Å². The Hall–Kier alpha value is -3.33. The Kier molecular flexibility index (Phi) is 7.27. The number of likely N-dealkylation sites (tertiary alicyclic amines) is 1. The molecule has 0 unspecified atom stereocenters. The van der Waals surface area contributed by atoms with Crippen molar-refractivity contribution in [2.45, 2.75) is 6.04 Å². The van der Waals surface area contributed by atoms with E-state index < -0.39 is 0 Å². The van der Waals surface area contributed by atoms with Crippen LogP contribution in [-0.2, 0) is 7.05 Å². The van der Waals surface area contributed by atoms with E-state index in [1.54, 1.807) is 6.20 Å². The van der Waals surface area contributed by atoms with Gasteiger partial charge in [0.05, 0.1) is 0 Å². The Bertz CT molecular complexity index is 1320. The van der Waals surface area contributed by atoms with Crippen molar-refractivity contribution in [3.63, 3.8) is 0 Å². The number of carbonyl (C=O) groups is 2. The van der Waals surface area contributed by atoms with Crippen molar-refractivity contribution in [2.24, 2.45) is 7.05 Å². The van der Waals surface area contributed by atoms with Gasteiger partial charge in [0.25, 0.3) is 5.91 Å². The molecule has 1 amide bonds. The quantitative estimate of drug-likeness (QED) is 0.397. The average Bonchev–Trinajstić information content (AvgIpc) is 3.56. The van der Waals surface area contributed by atoms with Crippen molar-refractivity contribution in [3.8, 4) is 11.1 Å². The molecule has 0 bridgehead atoms. The molecule has 8 heteroatoms. The van der Waals surface area contributed by atoms with Crippen LogP contribution in [0, 0.1) is 0 Å². The van der Waals surface area contributed by atoms with E-state index >= 15 is 0 Å². The fourth-order valence-electron chi connectivity index (χ4n) is 4.97. The lowest BCUT2D eigenvalue weighted by Gasteiger charge is -2.46. The molecule has 0 atom stereocenters. The molecule has 7 nitrogen and oxygen atoms in total. The lowest BCUT2D eigenvalue weighted by atomic mass is 10.0. The predicted molar refractivity (Wildman–Crippen MR) is 145 cm³/mol. The highest BCUT2D eigenvalue weighted by Gasteiger charge is 2.32. The fourth-order valence-corrected chi connectivity index (χ4v) is 5.58. The molecule has 2 fully saturated rings. The van der Waals surface area contributed by atoms with Crippen LogP contribution in [0.4, 0.5) is 0 Å². The number of aldehydes is 1. The Labute approximate surface area is 215 Å². The lowest BCUT2D eigenvalue weighted by molar-refractivity contribution is 0.0173. The van der Waals surface area contributed by atoms with E-state index in [0.29, 0.717) is 16.6 Å². The first kappa shape index (κ1) is 24.4. The number of rotatable bonds is 4. The maximum atomic E-state index is 12.1. The van der Waals surface area contributed by atoms with Crippen LogP contribution in [0.3, 0.4) is 0 Å². The molecule has 6 rings (SSSR count). The first-order valence-electron chi connectivity index (χ1n) is 12.2. The highest BCUT2D eigenvalue weighted by atomic mass is 32.1. The van der Waals surface area contributed by atoms with Crippen LogP contribution in [-0.4, -0.2) is 88.8 Å². The van der Waals surface area contributed by atoms with Gasteiger partial charge >= 0.3 is 0 Å². The number of aryl methyl sites for hydroxylation is 1. The molecular weight excluding hydrogens is 470 g/mol. The van der Waals surface area contributed by atoms with Gasteiger partial charge in [0.2, 0.25) is 0 Å². The topological polar surface area (TPSA) is 61.7 Å². The SMILES string of the molecule is CN1CC(N2CCN(C(=O)c3nccs3)CC2)C1.Cn1cc(-c2ccccc2)c2ccc(C=O)cc21. The highest BCUT2D eigenvalue weighted by Crippen LogP contribution is 2.30. The highest BCUT2D eigenvalue weighted by molar-refractivity contribution is 7.11. The largest absolute Gasteiger partial charge is 0.350 e. The molecule has 0 aliphatic carbocycles. The lowest BCUT2D eigenvalue weighted by Crippen LogP contribution is -2.62. The number of aromatic nitrogens is 2. The Balaban J connectivity index is 0.000000148. The molecule has 2 aromatic carbocycles. The molecule has 2 saturated heterocycles. The van der Waals surface area contributed by atoms with Crippen molar-refractivity contribution in [1.82, 2.24) is 24.3 Å². The van der Waals surface area contributed by atoms with Crippen LogP contribution >= 0.6 is 11.3 Å². The van der Waals surface area contributed by atoms with E-state index in [0.717, 1.165) is 38.0 Å². The summed E-state index contributed by atoms with van der Waals surface area (Å²) in [5.74, 6) is 0.0929. The van der Waals surface area contributed by atoms with Gasteiger partial charge in [-0.2, -0.15) is 0 Å². The number of likely N-dealkylation sites (N-methyl/N-ethyl adjacent to an activating group) is 1. The molecule has 4 heterocycles. The molecule has 186 valence electrons. The zero-order valence-electron chi connectivity index (χ0n) is 20.7. The van der Waals surface area contributed by atoms with Crippen LogP contribution in [0.5, 0.6) is 0 Å². The molecule has 4 aromatic rings. The van der Waals surface area contributed by atoms with Gasteiger partial charge in [-0.25, -0.2) is 4.98 Å². The molecule has 0 spiro atoms. The van der Waals surface area contributed by atoms with E-state index in [1.165, 1.54) is 40.9 Å². The number of amides is 1. The second-order valence-corrected chi connectivity index (χ2v) is 10.3. The van der Waals surface area contributed by atoms with Crippen LogP contribution in [0.2, 0.25) is 0 Å². The first-order valence-corrected chi connectivity index (χ1v) is 13.1. The summed E-state index contributed by atoms with van der Waals surface area (Å²) < 4.78 is 2.06. The molecule has 2 aliphatic rings. The summed E-state index contributed by atoms with van der Waals surface area (Å²) in [6.07, 6.45) is 4.68. The fraction of sp³-hybridized carbons (Fsp3) is 0.321. The zero-order chi connectivity index (χ0) is 25.1. The van der Waals surface area contributed by atoms with Gasteiger partial charge < -0.3 is 14.4 Å². The monoisotopic (exact) mass is 501 g/mol. The molecule has 0 radical (unpaired) electrons. The number of piperazine rings is 1. The van der Waals surface area contributed by atoms with Crippen molar-refractivity contribution >= 4 is 34.4 Å². The summed E-state index contributed by atoms with van der Waals surface area (Å²) in [6, 6.07) is 16.8. The van der Waals surface area contributed by atoms with Crippen molar-refractivity contribution < 1.29 is 9.59 Å². The van der Waals surface area contributed by atoms with Gasteiger partial charge in [-0.1, -0.05) is 42.5 Å². The van der Waals surface area contributed by atoms with Crippen molar-refractivity contribution in [3.05, 3.63) is 76.9 Å². The van der Waals surface area contributed by atoms with Gasteiger partial charge in [0.15, 0.2) is 5.01 Å². The summed E-state index contributed by atoms with van der Waals surface area (Å²) in [5, 5.41) is 3.65. The molecular formula is C28H31N5O2S. The number of benzene rings is 2. The zero-order valence-corrected chi connectivity index (χ0v) is 21.5. The average molecular weight is 502 g/mol. The van der Waals surface area contributed by atoms with Crippen LogP contribution < -0.4 is 0 Å². The van der Waals surface area contributed by atoms with Gasteiger partial charge in [0, 0.05) is 92.2 Å². The Morgan fingerprint density at radius 3 is 2.42 bits per heavy atom. The van der Waals surface area contributed by atoms with E-state index in [2.05, 4.69) is 44.7 Å². The van der Waals surface area contributed by atoms with Crippen LogP contribution in [0.25, 0.3) is 22.0 Å². The molecule has 0 saturated carbocycles. The second-order valence-electron chi connectivity index (χ2n) is 9.45. The van der Waals surface area contributed by atoms with Crippen LogP contribution in [0.1, 0.15) is 20.2 Å². The second kappa shape index (κ2) is 10.7. The summed E-state index contributed by atoms with van der Waals surface area (Å²) >= 11 is 1.43. The van der Waals surface area contributed by atoms with Gasteiger partial charge in [-0.3, -0.25) is 14.5 Å². The minimum atomic E-state index is 0.0929. The van der Waals surface area contributed by atoms with Crippen molar-refractivity contribution in [1.29, 1.82) is 0 Å². The summed E-state index contributed by atoms with van der Waals surface area (Å²) in [6.45, 7) is 5.99. The Morgan fingerprint density at radius 2 is 1.78 bits per heavy atom. The maximum Gasteiger partial charge on any atom is 0.282 e. The molecule has 36 heavy (non-hydrogen) atoms. The summed E-state index contributed by atoms with van der Waals surface area (Å²) in [5.41, 5.74) is 4.19. The third-order valence-electron chi connectivity index (χ3n) is 7.01. The van der Waals surface area contributed by atoms with E-state index in [4.69, 9.17) is 0 Å². The number of carbonyl (C=O) groups excluding carboxylic acids is 2. The van der Waals surface area contributed by atoms with E-state index in [9.17, 15) is 9.59 Å². The number of hydrogen-bond acceptors (Lipinski definition) is 6. The third kappa shape index (κ3) is 5.11. The summed E-state index contributed by atoms with van der Waals surface area (Å²) in [7, 11) is 4.15. The maximum absolute atomic E-state index is 12.1. The Morgan fingerprint density at radius 1 is 1.03 bits per heavy atom. The minimum absolute atomic E-state index is 0.0929. The standard InChI is InChI=1S/C16H13NO.C12H18N4OS/c1-17-10-15(13-5-3-2-4-6-13)14-8-7-12(11-18)9-16(14)17;1-14-8-10(9-14)15-3-5-16(6-4-15)12(17)11-13-2-7-18-11/h2-11H,1H3;2,7,10H,3-6,8-9H2,1H3.